The fourth-order valence-corrected chi connectivity index (χ4v) is 4.13. The van der Waals surface area contributed by atoms with Gasteiger partial charge in [0.25, 0.3) is 0 Å². The Bertz CT molecular complexity index is 701. The molecule has 0 nitrogen and oxygen atoms in total. The quantitative estimate of drug-likeness (QED) is 0.240. The molecule has 2 fully saturated rings. The fourth-order valence-electron chi connectivity index (χ4n) is 4.13. The van der Waals surface area contributed by atoms with Gasteiger partial charge in [-0.05, 0) is 6.42 Å². The van der Waals surface area contributed by atoms with Crippen LogP contribution >= 0.6 is 24.8 Å². The van der Waals surface area contributed by atoms with E-state index in [2.05, 4.69) is 67.5 Å². The van der Waals surface area contributed by atoms with Crippen molar-refractivity contribution >= 4 is 24.8 Å². The van der Waals surface area contributed by atoms with Crippen LogP contribution in [0.25, 0.3) is 11.1 Å². The Balaban J connectivity index is 0.000000439. The summed E-state index contributed by atoms with van der Waals surface area (Å²) in [7, 11) is 0. The molecule has 2 aromatic rings. The average Bonchev–Trinajstić information content (AvgIpc) is 3.54. The van der Waals surface area contributed by atoms with Gasteiger partial charge in [-0.1, -0.05) is 73.9 Å². The van der Waals surface area contributed by atoms with Crippen molar-refractivity contribution in [2.24, 2.45) is 0 Å². The van der Waals surface area contributed by atoms with Crippen molar-refractivity contribution in [2.45, 2.75) is 77.0 Å². The van der Waals surface area contributed by atoms with Crippen molar-refractivity contribution in [3.8, 4) is 11.1 Å². The summed E-state index contributed by atoms with van der Waals surface area (Å²) in [6, 6.07) is 18.1. The normalized spacial score (nSPS) is 16.2. The summed E-state index contributed by atoms with van der Waals surface area (Å²) in [6.07, 6.45) is 30.0. The van der Waals surface area contributed by atoms with Gasteiger partial charge in [0.15, 0.2) is 0 Å². The second-order valence-electron chi connectivity index (χ2n) is 8.25. The van der Waals surface area contributed by atoms with Crippen molar-refractivity contribution < 1.29 is 26.2 Å². The molecule has 0 saturated heterocycles. The predicted molar refractivity (Wildman–Crippen MR) is 144 cm³/mol. The first-order valence-corrected chi connectivity index (χ1v) is 11.9. The van der Waals surface area contributed by atoms with Crippen LogP contribution in [0.15, 0.2) is 60.7 Å². The molecule has 6 rings (SSSR count). The van der Waals surface area contributed by atoms with Crippen LogP contribution in [0.3, 0.4) is 0 Å². The van der Waals surface area contributed by atoms with Gasteiger partial charge in [0.05, 0.1) is 0 Å². The molecular formula is C30H38Cl2Zr. The van der Waals surface area contributed by atoms with E-state index in [9.17, 15) is 0 Å². The SMILES string of the molecule is Cl.Cl.[C-]1=CC=CC1.[CH-]1CCCCC1.[CH-]1CCCCC1.[Zr+4].[c-]1cccc2c1Cc1ccccc1-2. The number of allylic oxidation sites excluding steroid dienone is 4. The van der Waals surface area contributed by atoms with Gasteiger partial charge < -0.3 is 12.8 Å². The van der Waals surface area contributed by atoms with E-state index >= 15 is 0 Å². The first kappa shape index (κ1) is 32.4. The minimum absolute atomic E-state index is 0. The maximum Gasteiger partial charge on any atom is 4.00 e. The number of hydrogen-bond donors (Lipinski definition) is 0. The van der Waals surface area contributed by atoms with Crippen molar-refractivity contribution in [1.82, 2.24) is 0 Å². The third kappa shape index (κ3) is 12.6. The van der Waals surface area contributed by atoms with E-state index in [1.165, 1.54) is 86.5 Å². The van der Waals surface area contributed by atoms with Crippen molar-refractivity contribution in [3.63, 3.8) is 0 Å². The molecule has 3 heteroatoms. The monoisotopic (exact) mass is 558 g/mol. The molecule has 0 bridgehead atoms. The summed E-state index contributed by atoms with van der Waals surface area (Å²) < 4.78 is 0. The van der Waals surface area contributed by atoms with E-state index < -0.39 is 0 Å². The number of halogens is 2. The molecule has 2 aromatic carbocycles. The predicted octanol–water partition coefficient (Wildman–Crippen LogP) is 9.51. The Hall–Kier alpha value is -0.617. The second-order valence-corrected chi connectivity index (χ2v) is 8.25. The second kappa shape index (κ2) is 20.7. The van der Waals surface area contributed by atoms with Gasteiger partial charge in [-0.15, -0.1) is 36.8 Å². The Morgan fingerprint density at radius 3 is 1.76 bits per heavy atom. The summed E-state index contributed by atoms with van der Waals surface area (Å²) in [5, 5.41) is 0. The van der Waals surface area contributed by atoms with Gasteiger partial charge in [0, 0.05) is 0 Å². The molecule has 0 unspecified atom stereocenters. The van der Waals surface area contributed by atoms with Crippen LogP contribution in [0.4, 0.5) is 0 Å². The zero-order chi connectivity index (χ0) is 20.7. The van der Waals surface area contributed by atoms with Crippen LogP contribution in [0.5, 0.6) is 0 Å². The van der Waals surface area contributed by atoms with Crippen molar-refractivity contribution in [1.29, 1.82) is 0 Å². The minimum atomic E-state index is 0. The molecule has 0 atom stereocenters. The Morgan fingerprint density at radius 1 is 0.697 bits per heavy atom. The number of rotatable bonds is 0. The first-order valence-electron chi connectivity index (χ1n) is 11.9. The molecule has 0 heterocycles. The van der Waals surface area contributed by atoms with Gasteiger partial charge in [-0.25, -0.2) is 12.2 Å². The maximum atomic E-state index is 3.30. The van der Waals surface area contributed by atoms with Crippen molar-refractivity contribution in [3.05, 3.63) is 96.8 Å². The molecule has 0 aromatic heterocycles. The molecule has 176 valence electrons. The van der Waals surface area contributed by atoms with Gasteiger partial charge in [0.1, 0.15) is 0 Å². The van der Waals surface area contributed by atoms with Crippen LogP contribution < -0.4 is 0 Å². The fraction of sp³-hybridized carbons (Fsp3) is 0.400. The van der Waals surface area contributed by atoms with Crippen LogP contribution in [0.1, 0.15) is 81.8 Å². The Morgan fingerprint density at radius 2 is 1.30 bits per heavy atom. The van der Waals surface area contributed by atoms with Gasteiger partial charge in [-0.3, -0.25) is 6.08 Å². The molecule has 0 spiro atoms. The summed E-state index contributed by atoms with van der Waals surface area (Å²) >= 11 is 0. The summed E-state index contributed by atoms with van der Waals surface area (Å²) in [4.78, 5) is 0. The molecule has 33 heavy (non-hydrogen) atoms. The number of fused-ring (bicyclic) bond motifs is 3. The van der Waals surface area contributed by atoms with Gasteiger partial charge in [0.2, 0.25) is 0 Å². The van der Waals surface area contributed by atoms with Crippen LogP contribution in [0, 0.1) is 25.0 Å². The zero-order valence-electron chi connectivity index (χ0n) is 19.7. The Kier molecular flexibility index (Phi) is 20.3. The molecule has 2 saturated carbocycles. The molecule has 0 N–H and O–H groups in total. The molecule has 4 aliphatic carbocycles. The van der Waals surface area contributed by atoms with E-state index in [-0.39, 0.29) is 51.0 Å². The number of hydrogen-bond acceptors (Lipinski definition) is 0. The third-order valence-electron chi connectivity index (χ3n) is 5.84. The van der Waals surface area contributed by atoms with Crippen LogP contribution in [-0.4, -0.2) is 0 Å². The van der Waals surface area contributed by atoms with Gasteiger partial charge in [-0.2, -0.15) is 61.6 Å². The minimum Gasteiger partial charge on any atom is -0.328 e. The third-order valence-corrected chi connectivity index (χ3v) is 5.84. The molecule has 4 aliphatic rings. The van der Waals surface area contributed by atoms with E-state index in [0.29, 0.717) is 0 Å². The van der Waals surface area contributed by atoms with E-state index in [4.69, 9.17) is 0 Å². The standard InChI is InChI=1S/C13H9.2C6H11.C5H5.2ClH.Zr/c1-3-7-12-10(5-1)9-11-6-2-4-8-13(11)12;2*1-2-4-6-5-3-1;1-2-4-5-3-1;;;/h1-5,7-8H,9H2;2*1H,2-6H2;1-3H,4H2;2*1H;/q4*-1;;;+4. The van der Waals surface area contributed by atoms with E-state index in [0.717, 1.165) is 12.8 Å². The van der Waals surface area contributed by atoms with Gasteiger partial charge >= 0.3 is 26.2 Å². The topological polar surface area (TPSA) is 0 Å². The molecular weight excluding hydrogens is 522 g/mol. The summed E-state index contributed by atoms with van der Waals surface area (Å²) in [5.41, 5.74) is 5.51. The molecule has 0 aliphatic heterocycles. The van der Waals surface area contributed by atoms with Crippen LogP contribution in [0.2, 0.25) is 0 Å². The maximum absolute atomic E-state index is 3.30. The Labute approximate surface area is 234 Å². The number of benzene rings is 2. The zero-order valence-corrected chi connectivity index (χ0v) is 23.8. The average molecular weight is 561 g/mol. The summed E-state index contributed by atoms with van der Waals surface area (Å²) in [5.74, 6) is 0. The smallest absolute Gasteiger partial charge is 0.328 e. The van der Waals surface area contributed by atoms with Crippen molar-refractivity contribution in [2.75, 3.05) is 0 Å². The van der Waals surface area contributed by atoms with Crippen LogP contribution in [-0.2, 0) is 32.6 Å². The largest absolute Gasteiger partial charge is 4.00 e. The van der Waals surface area contributed by atoms with E-state index in [1.54, 1.807) is 0 Å². The van der Waals surface area contributed by atoms with E-state index in [1.807, 2.05) is 18.2 Å². The molecule has 0 amide bonds. The first-order chi connectivity index (χ1) is 14.9. The molecule has 0 radical (unpaired) electrons. The summed E-state index contributed by atoms with van der Waals surface area (Å²) in [6.45, 7) is 0.